The highest BCUT2D eigenvalue weighted by Gasteiger charge is 2.23. The van der Waals surface area contributed by atoms with E-state index in [1.807, 2.05) is 26.8 Å². The molecule has 0 saturated heterocycles. The number of nitrogens with zero attached hydrogens (tertiary/aromatic N) is 2. The van der Waals surface area contributed by atoms with E-state index in [1.165, 1.54) is 0 Å². The zero-order valence-corrected chi connectivity index (χ0v) is 10.8. The van der Waals surface area contributed by atoms with Crippen LogP contribution < -0.4 is 0 Å². The van der Waals surface area contributed by atoms with E-state index in [0.717, 1.165) is 17.2 Å². The zero-order valence-electron chi connectivity index (χ0n) is 10.1. The third kappa shape index (κ3) is 3.16. The molecular weight excluding hydrogens is 208 g/mol. The molecule has 0 N–H and O–H groups in total. The maximum absolute atomic E-state index is 6.22. The van der Waals surface area contributed by atoms with Crippen molar-refractivity contribution in [1.82, 2.24) is 9.97 Å². The normalized spacial score (nSPS) is 15.4. The third-order valence-electron chi connectivity index (χ3n) is 2.54. The minimum Gasteiger partial charge on any atom is -0.239 e. The van der Waals surface area contributed by atoms with Crippen molar-refractivity contribution in [2.24, 2.45) is 5.92 Å². The maximum Gasteiger partial charge on any atom is 0.125 e. The molecule has 1 aromatic rings. The first kappa shape index (κ1) is 12.4. The summed E-state index contributed by atoms with van der Waals surface area (Å²) in [4.78, 5) is 8.76. The largest absolute Gasteiger partial charge is 0.239 e. The lowest BCUT2D eigenvalue weighted by molar-refractivity contribution is 0.478. The molecule has 1 heterocycles. The molecule has 0 amide bonds. The summed E-state index contributed by atoms with van der Waals surface area (Å²) in [5, 5.41) is 0.0960. The molecule has 0 fully saturated rings. The van der Waals surface area contributed by atoms with Crippen molar-refractivity contribution < 1.29 is 0 Å². The second-order valence-corrected chi connectivity index (χ2v) is 5.12. The Morgan fingerprint density at radius 2 is 1.73 bits per heavy atom. The quantitative estimate of drug-likeness (QED) is 0.738. The molecule has 0 aliphatic rings. The first-order valence-electron chi connectivity index (χ1n) is 5.38. The Kier molecular flexibility index (Phi) is 4.09. The van der Waals surface area contributed by atoms with Crippen LogP contribution in [0, 0.1) is 19.8 Å². The first-order valence-corrected chi connectivity index (χ1v) is 5.81. The van der Waals surface area contributed by atoms with E-state index in [4.69, 9.17) is 11.6 Å². The fraction of sp³-hybridized carbons (Fsp3) is 0.667. The van der Waals surface area contributed by atoms with Crippen LogP contribution in [0.4, 0.5) is 0 Å². The standard InChI is InChI=1S/C12H19ClN2/c1-7(2)12(9(4)13)11-6-8(3)14-10(5)15-11/h6-7,9,12H,1-5H3. The molecule has 0 radical (unpaired) electrons. The fourth-order valence-corrected chi connectivity index (χ4v) is 2.44. The van der Waals surface area contributed by atoms with Crippen molar-refractivity contribution >= 4 is 11.6 Å². The van der Waals surface area contributed by atoms with Gasteiger partial charge in [-0.25, -0.2) is 9.97 Å². The molecular formula is C12H19ClN2. The van der Waals surface area contributed by atoms with E-state index >= 15 is 0 Å². The Balaban J connectivity index is 3.11. The zero-order chi connectivity index (χ0) is 11.6. The maximum atomic E-state index is 6.22. The van der Waals surface area contributed by atoms with Gasteiger partial charge in [0.2, 0.25) is 0 Å². The molecule has 3 heteroatoms. The highest BCUT2D eigenvalue weighted by atomic mass is 35.5. The summed E-state index contributed by atoms with van der Waals surface area (Å²) in [6.45, 7) is 10.3. The minimum absolute atomic E-state index is 0.0960. The molecule has 0 aromatic carbocycles. The monoisotopic (exact) mass is 226 g/mol. The average molecular weight is 227 g/mol. The highest BCUT2D eigenvalue weighted by molar-refractivity contribution is 6.20. The van der Waals surface area contributed by atoms with Crippen molar-refractivity contribution in [2.45, 2.75) is 45.9 Å². The number of halogens is 1. The Morgan fingerprint density at radius 1 is 1.13 bits per heavy atom. The molecule has 0 aliphatic carbocycles. The molecule has 1 rings (SSSR count). The van der Waals surface area contributed by atoms with Crippen LogP contribution in [-0.2, 0) is 0 Å². The molecule has 84 valence electrons. The first-order chi connectivity index (χ1) is 6.91. The number of alkyl halides is 1. The van der Waals surface area contributed by atoms with Crippen LogP contribution >= 0.6 is 11.6 Å². The summed E-state index contributed by atoms with van der Waals surface area (Å²) in [6.07, 6.45) is 0. The van der Waals surface area contributed by atoms with Gasteiger partial charge in [0.05, 0.1) is 0 Å². The predicted molar refractivity (Wildman–Crippen MR) is 64.4 cm³/mol. The second-order valence-electron chi connectivity index (χ2n) is 4.43. The van der Waals surface area contributed by atoms with Gasteiger partial charge in [0, 0.05) is 22.7 Å². The van der Waals surface area contributed by atoms with Gasteiger partial charge in [0.1, 0.15) is 5.82 Å². The van der Waals surface area contributed by atoms with Crippen LogP contribution in [-0.4, -0.2) is 15.3 Å². The van der Waals surface area contributed by atoms with Gasteiger partial charge in [-0.2, -0.15) is 0 Å². The van der Waals surface area contributed by atoms with E-state index in [2.05, 4.69) is 23.8 Å². The highest BCUT2D eigenvalue weighted by Crippen LogP contribution is 2.29. The van der Waals surface area contributed by atoms with Crippen molar-refractivity contribution in [3.05, 3.63) is 23.3 Å². The SMILES string of the molecule is Cc1cc(C(C(C)C)C(C)Cl)nc(C)n1. The van der Waals surface area contributed by atoms with Crippen molar-refractivity contribution in [2.75, 3.05) is 0 Å². The summed E-state index contributed by atoms with van der Waals surface area (Å²) >= 11 is 6.22. The predicted octanol–water partition coefficient (Wildman–Crippen LogP) is 3.46. The van der Waals surface area contributed by atoms with E-state index in [-0.39, 0.29) is 5.38 Å². The molecule has 0 spiro atoms. The van der Waals surface area contributed by atoms with Gasteiger partial charge in [0.15, 0.2) is 0 Å². The number of aryl methyl sites for hydroxylation is 2. The smallest absolute Gasteiger partial charge is 0.125 e. The summed E-state index contributed by atoms with van der Waals surface area (Å²) in [5.41, 5.74) is 2.08. The van der Waals surface area contributed by atoms with Gasteiger partial charge in [0.25, 0.3) is 0 Å². The molecule has 0 saturated carbocycles. The van der Waals surface area contributed by atoms with E-state index in [1.54, 1.807) is 0 Å². The second kappa shape index (κ2) is 4.93. The molecule has 2 nitrogen and oxygen atoms in total. The van der Waals surface area contributed by atoms with Gasteiger partial charge in [-0.1, -0.05) is 13.8 Å². The van der Waals surface area contributed by atoms with Crippen LogP contribution in [0.25, 0.3) is 0 Å². The van der Waals surface area contributed by atoms with Crippen LogP contribution in [0.1, 0.15) is 43.9 Å². The Hall–Kier alpha value is -0.630. The molecule has 2 atom stereocenters. The molecule has 0 bridgehead atoms. The lowest BCUT2D eigenvalue weighted by atomic mass is 9.89. The molecule has 15 heavy (non-hydrogen) atoms. The summed E-state index contributed by atoms with van der Waals surface area (Å²) in [6, 6.07) is 2.04. The molecule has 0 aliphatic heterocycles. The average Bonchev–Trinajstić information content (AvgIpc) is 1.99. The number of aromatic nitrogens is 2. The van der Waals surface area contributed by atoms with E-state index < -0.39 is 0 Å². The Morgan fingerprint density at radius 3 is 2.13 bits per heavy atom. The minimum atomic E-state index is 0.0960. The Labute approximate surface area is 97.1 Å². The van der Waals surface area contributed by atoms with Gasteiger partial charge in [-0.05, 0) is 32.8 Å². The van der Waals surface area contributed by atoms with Crippen molar-refractivity contribution in [3.63, 3.8) is 0 Å². The van der Waals surface area contributed by atoms with Crippen LogP contribution in [0.5, 0.6) is 0 Å². The number of rotatable bonds is 3. The summed E-state index contributed by atoms with van der Waals surface area (Å²) in [7, 11) is 0. The fourth-order valence-electron chi connectivity index (χ4n) is 2.02. The van der Waals surface area contributed by atoms with Crippen LogP contribution in [0.15, 0.2) is 6.07 Å². The Bertz CT molecular complexity index is 306. The van der Waals surface area contributed by atoms with Gasteiger partial charge in [-0.3, -0.25) is 0 Å². The lowest BCUT2D eigenvalue weighted by Crippen LogP contribution is -2.18. The van der Waals surface area contributed by atoms with E-state index in [0.29, 0.717) is 11.8 Å². The lowest BCUT2D eigenvalue weighted by Gasteiger charge is -2.23. The van der Waals surface area contributed by atoms with Crippen molar-refractivity contribution in [3.8, 4) is 0 Å². The topological polar surface area (TPSA) is 25.8 Å². The van der Waals surface area contributed by atoms with Gasteiger partial charge >= 0.3 is 0 Å². The third-order valence-corrected chi connectivity index (χ3v) is 2.81. The molecule has 2 unspecified atom stereocenters. The summed E-state index contributed by atoms with van der Waals surface area (Å²) < 4.78 is 0. The van der Waals surface area contributed by atoms with Crippen molar-refractivity contribution in [1.29, 1.82) is 0 Å². The van der Waals surface area contributed by atoms with Crippen LogP contribution in [0.3, 0.4) is 0 Å². The number of hydrogen-bond donors (Lipinski definition) is 0. The van der Waals surface area contributed by atoms with Crippen LogP contribution in [0.2, 0.25) is 0 Å². The molecule has 1 aromatic heterocycles. The number of hydrogen-bond acceptors (Lipinski definition) is 2. The van der Waals surface area contributed by atoms with E-state index in [9.17, 15) is 0 Å². The van der Waals surface area contributed by atoms with Gasteiger partial charge < -0.3 is 0 Å². The van der Waals surface area contributed by atoms with Gasteiger partial charge in [-0.15, -0.1) is 11.6 Å². The summed E-state index contributed by atoms with van der Waals surface area (Å²) in [5.74, 6) is 1.62.